The fourth-order valence-corrected chi connectivity index (χ4v) is 2.65. The van der Waals surface area contributed by atoms with Crippen LogP contribution in [0.15, 0.2) is 15.0 Å². The summed E-state index contributed by atoms with van der Waals surface area (Å²) in [6, 6.07) is 1.20. The van der Waals surface area contributed by atoms with E-state index in [1.165, 1.54) is 0 Å². The molecule has 0 spiro atoms. The van der Waals surface area contributed by atoms with Gasteiger partial charge >= 0.3 is 0 Å². The van der Waals surface area contributed by atoms with Gasteiger partial charge in [0.15, 0.2) is 0 Å². The fourth-order valence-electron chi connectivity index (χ4n) is 2.65. The lowest BCUT2D eigenvalue weighted by molar-refractivity contribution is 0.706. The van der Waals surface area contributed by atoms with Crippen LogP contribution < -0.4 is 16.0 Å². The predicted octanol–water partition coefficient (Wildman–Crippen LogP) is -0.227. The van der Waals surface area contributed by atoms with Crippen LogP contribution in [0.4, 0.5) is 0 Å². The molecular formula is C13H22N6. The highest BCUT2D eigenvalue weighted by atomic mass is 15.2. The van der Waals surface area contributed by atoms with E-state index in [-0.39, 0.29) is 5.92 Å². The Kier molecular flexibility index (Phi) is 3.16. The molecule has 0 radical (unpaired) electrons. The van der Waals surface area contributed by atoms with Crippen molar-refractivity contribution in [3.63, 3.8) is 0 Å². The molecule has 104 valence electrons. The zero-order valence-electron chi connectivity index (χ0n) is 11.8. The maximum atomic E-state index is 4.62. The van der Waals surface area contributed by atoms with Crippen molar-refractivity contribution < 1.29 is 0 Å². The van der Waals surface area contributed by atoms with E-state index >= 15 is 0 Å². The number of nitrogens with one attached hydrogen (secondary N) is 3. The summed E-state index contributed by atoms with van der Waals surface area (Å²) in [5.41, 5.74) is 0. The zero-order valence-corrected chi connectivity index (χ0v) is 11.8. The first-order valence-corrected chi connectivity index (χ1v) is 7.06. The van der Waals surface area contributed by atoms with Gasteiger partial charge in [0.05, 0.1) is 19.6 Å². The monoisotopic (exact) mass is 262 g/mol. The molecule has 3 heterocycles. The Morgan fingerprint density at radius 2 is 1.05 bits per heavy atom. The highest BCUT2D eigenvalue weighted by Gasteiger charge is 2.35. The smallest absolute Gasteiger partial charge is 0.130 e. The summed E-state index contributed by atoms with van der Waals surface area (Å²) < 4.78 is 0. The summed E-state index contributed by atoms with van der Waals surface area (Å²) in [6.45, 7) is 8.93. The molecule has 0 fully saturated rings. The van der Waals surface area contributed by atoms with E-state index in [1.807, 2.05) is 0 Å². The van der Waals surface area contributed by atoms with Crippen LogP contribution in [0.2, 0.25) is 0 Å². The van der Waals surface area contributed by atoms with Crippen LogP contribution in [-0.2, 0) is 0 Å². The van der Waals surface area contributed by atoms with E-state index in [4.69, 9.17) is 0 Å². The van der Waals surface area contributed by atoms with Crippen LogP contribution in [0, 0.1) is 5.92 Å². The van der Waals surface area contributed by atoms with Crippen LogP contribution in [-0.4, -0.2) is 55.3 Å². The average Bonchev–Trinajstić information content (AvgIpc) is 3.05. The zero-order chi connectivity index (χ0) is 13.4. The fraction of sp³-hybridized carbons (Fsp3) is 0.769. The molecule has 0 aromatic carbocycles. The third kappa shape index (κ3) is 2.43. The predicted molar refractivity (Wildman–Crippen MR) is 78.2 cm³/mol. The summed E-state index contributed by atoms with van der Waals surface area (Å²) in [5.74, 6) is 3.01. The van der Waals surface area contributed by atoms with Crippen molar-refractivity contribution in [1.82, 2.24) is 16.0 Å². The van der Waals surface area contributed by atoms with Gasteiger partial charge in [-0.1, -0.05) is 0 Å². The maximum absolute atomic E-state index is 4.62. The molecule has 0 saturated heterocycles. The van der Waals surface area contributed by atoms with Crippen molar-refractivity contribution in [2.45, 2.75) is 38.9 Å². The van der Waals surface area contributed by atoms with Gasteiger partial charge in [-0.15, -0.1) is 0 Å². The topological polar surface area (TPSA) is 73.2 Å². The number of amidine groups is 3. The minimum atomic E-state index is 0.0276. The molecule has 3 atom stereocenters. The summed E-state index contributed by atoms with van der Waals surface area (Å²) in [7, 11) is 0. The van der Waals surface area contributed by atoms with Gasteiger partial charge in [-0.2, -0.15) is 0 Å². The normalized spacial score (nSPS) is 34.9. The van der Waals surface area contributed by atoms with E-state index in [0.29, 0.717) is 18.1 Å². The molecule has 6 heteroatoms. The van der Waals surface area contributed by atoms with Crippen molar-refractivity contribution in [1.29, 1.82) is 0 Å². The Hall–Kier alpha value is -1.59. The molecule has 3 rings (SSSR count). The molecule has 3 N–H and O–H groups in total. The van der Waals surface area contributed by atoms with Crippen LogP contribution in [0.25, 0.3) is 0 Å². The van der Waals surface area contributed by atoms with Crippen molar-refractivity contribution in [2.75, 3.05) is 19.6 Å². The minimum Gasteiger partial charge on any atom is -0.369 e. The van der Waals surface area contributed by atoms with Crippen molar-refractivity contribution >= 4 is 17.5 Å². The SMILES string of the molecule is CC1CN=C(C(C2=NCC(C)N2)C2=NCC(C)N2)N1. The summed E-state index contributed by atoms with van der Waals surface area (Å²) in [5, 5.41) is 10.3. The van der Waals surface area contributed by atoms with Gasteiger partial charge in [0.25, 0.3) is 0 Å². The Bertz CT molecular complexity index is 385. The number of hydrogen-bond acceptors (Lipinski definition) is 6. The van der Waals surface area contributed by atoms with E-state index in [0.717, 1.165) is 37.1 Å². The van der Waals surface area contributed by atoms with Crippen LogP contribution in [0.3, 0.4) is 0 Å². The quantitative estimate of drug-likeness (QED) is 0.658. The summed E-state index contributed by atoms with van der Waals surface area (Å²) in [6.07, 6.45) is 0. The van der Waals surface area contributed by atoms with E-state index in [2.05, 4.69) is 51.7 Å². The standard InChI is InChI=1S/C13H22N6/c1-7-4-14-11(17-7)10(12-15-5-8(2)18-12)13-16-6-9(3)19-13/h7-10H,4-6H2,1-3H3,(H,14,17)(H,15,18)(H,16,19). The molecule has 0 aromatic heterocycles. The van der Waals surface area contributed by atoms with Gasteiger partial charge in [-0.3, -0.25) is 15.0 Å². The first-order valence-electron chi connectivity index (χ1n) is 7.06. The summed E-state index contributed by atoms with van der Waals surface area (Å²) >= 11 is 0. The second-order valence-electron chi connectivity index (χ2n) is 5.75. The second kappa shape index (κ2) is 4.83. The third-order valence-corrected chi connectivity index (χ3v) is 3.61. The van der Waals surface area contributed by atoms with Crippen LogP contribution in [0.5, 0.6) is 0 Å². The van der Waals surface area contributed by atoms with E-state index in [9.17, 15) is 0 Å². The van der Waals surface area contributed by atoms with Gasteiger partial charge in [0.1, 0.15) is 23.4 Å². The lowest BCUT2D eigenvalue weighted by Crippen LogP contribution is -2.49. The van der Waals surface area contributed by atoms with Gasteiger partial charge in [-0.05, 0) is 20.8 Å². The molecule has 0 aliphatic carbocycles. The minimum absolute atomic E-state index is 0.0276. The van der Waals surface area contributed by atoms with Gasteiger partial charge in [-0.25, -0.2) is 0 Å². The first-order chi connectivity index (χ1) is 9.13. The molecule has 6 nitrogen and oxygen atoms in total. The van der Waals surface area contributed by atoms with E-state index < -0.39 is 0 Å². The lowest BCUT2D eigenvalue weighted by atomic mass is 10.0. The highest BCUT2D eigenvalue weighted by molar-refractivity contribution is 6.23. The van der Waals surface area contributed by atoms with Gasteiger partial charge in [0.2, 0.25) is 0 Å². The maximum Gasteiger partial charge on any atom is 0.130 e. The second-order valence-corrected chi connectivity index (χ2v) is 5.75. The number of rotatable bonds is 3. The van der Waals surface area contributed by atoms with E-state index in [1.54, 1.807) is 0 Å². The lowest BCUT2D eigenvalue weighted by Gasteiger charge is -2.21. The molecule has 3 unspecified atom stereocenters. The molecule has 0 amide bonds. The van der Waals surface area contributed by atoms with Crippen molar-refractivity contribution in [2.24, 2.45) is 20.9 Å². The summed E-state index contributed by atoms with van der Waals surface area (Å²) in [4.78, 5) is 13.9. The molecule has 0 saturated carbocycles. The third-order valence-electron chi connectivity index (χ3n) is 3.61. The molecular weight excluding hydrogens is 240 g/mol. The van der Waals surface area contributed by atoms with Crippen LogP contribution in [0.1, 0.15) is 20.8 Å². The molecule has 3 aliphatic rings. The number of aliphatic imine (C=N–C) groups is 3. The number of nitrogens with zero attached hydrogens (tertiary/aromatic N) is 3. The van der Waals surface area contributed by atoms with Crippen LogP contribution >= 0.6 is 0 Å². The first kappa shape index (κ1) is 12.4. The van der Waals surface area contributed by atoms with Gasteiger partial charge in [0, 0.05) is 18.1 Å². The Morgan fingerprint density at radius 3 is 1.26 bits per heavy atom. The molecule has 19 heavy (non-hydrogen) atoms. The number of hydrogen-bond donors (Lipinski definition) is 3. The average molecular weight is 262 g/mol. The largest absolute Gasteiger partial charge is 0.369 e. The molecule has 0 bridgehead atoms. The van der Waals surface area contributed by atoms with Gasteiger partial charge < -0.3 is 16.0 Å². The van der Waals surface area contributed by atoms with Crippen molar-refractivity contribution in [3.05, 3.63) is 0 Å². The molecule has 0 aromatic rings. The molecule has 3 aliphatic heterocycles. The highest BCUT2D eigenvalue weighted by Crippen LogP contribution is 2.15. The van der Waals surface area contributed by atoms with Crippen molar-refractivity contribution in [3.8, 4) is 0 Å². The Balaban J connectivity index is 1.84. The Labute approximate surface area is 113 Å². The Morgan fingerprint density at radius 1 is 0.737 bits per heavy atom.